The van der Waals surface area contributed by atoms with E-state index < -0.39 is 17.7 Å². The van der Waals surface area contributed by atoms with Gasteiger partial charge < -0.3 is 28.6 Å². The maximum absolute atomic E-state index is 13.1. The van der Waals surface area contributed by atoms with Crippen molar-refractivity contribution in [1.82, 2.24) is 19.4 Å². The summed E-state index contributed by atoms with van der Waals surface area (Å²) in [5.74, 6) is 0.982. The molecule has 2 aromatic carbocycles. The number of carboxylic acids is 1. The second-order valence-electron chi connectivity index (χ2n) is 11.8. The van der Waals surface area contributed by atoms with E-state index in [1.165, 1.54) is 19.2 Å². The van der Waals surface area contributed by atoms with Gasteiger partial charge in [-0.1, -0.05) is 12.1 Å². The first kappa shape index (κ1) is 32.6. The first-order valence-corrected chi connectivity index (χ1v) is 15.7. The van der Waals surface area contributed by atoms with Crippen molar-refractivity contribution in [2.45, 2.75) is 64.1 Å². The van der Waals surface area contributed by atoms with Crippen LogP contribution in [0.15, 0.2) is 48.5 Å². The third kappa shape index (κ3) is 7.31. The van der Waals surface area contributed by atoms with Crippen LogP contribution in [0.5, 0.6) is 17.4 Å². The molecule has 0 saturated carbocycles. The highest BCUT2D eigenvalue weighted by Crippen LogP contribution is 2.35. The summed E-state index contributed by atoms with van der Waals surface area (Å²) in [6.07, 6.45) is -1.74. The number of aromatic nitrogens is 3. The smallest absolute Gasteiger partial charge is 0.416 e. The van der Waals surface area contributed by atoms with Gasteiger partial charge in [0, 0.05) is 29.8 Å². The number of hydrogen-bond acceptors (Lipinski definition) is 8. The van der Waals surface area contributed by atoms with Crippen molar-refractivity contribution in [1.29, 1.82) is 0 Å². The summed E-state index contributed by atoms with van der Waals surface area (Å²) < 4.78 is 64.0. The molecule has 0 amide bonds. The molecule has 1 atom stereocenters. The van der Waals surface area contributed by atoms with Gasteiger partial charge in [0.15, 0.2) is 0 Å². The number of ether oxygens (including phenoxy) is 4. The zero-order valence-corrected chi connectivity index (χ0v) is 26.3. The normalized spacial score (nSPS) is 17.4. The summed E-state index contributed by atoms with van der Waals surface area (Å²) in [7, 11) is 1.33. The predicted molar refractivity (Wildman–Crippen MR) is 166 cm³/mol. The van der Waals surface area contributed by atoms with Crippen LogP contribution < -0.4 is 14.2 Å². The monoisotopic (exact) mass is 654 g/mol. The summed E-state index contributed by atoms with van der Waals surface area (Å²) in [4.78, 5) is 23.9. The maximum Gasteiger partial charge on any atom is 0.416 e. The molecule has 2 saturated heterocycles. The lowest BCUT2D eigenvalue weighted by molar-refractivity contribution is -0.137. The van der Waals surface area contributed by atoms with Gasteiger partial charge in [0.2, 0.25) is 5.88 Å². The molecule has 1 unspecified atom stereocenters. The molecule has 47 heavy (non-hydrogen) atoms. The number of rotatable bonds is 12. The van der Waals surface area contributed by atoms with Crippen LogP contribution in [-0.4, -0.2) is 70.0 Å². The SMILES string of the molecule is CCOc1cc(C(=O)O)cc2c1nc(CN1CCC(c3cccc(OCc4ccc(C(F)(F)F)cc4OC)n3)CC1)n2CC1CCO1. The highest BCUT2D eigenvalue weighted by atomic mass is 19.4. The van der Waals surface area contributed by atoms with Gasteiger partial charge in [-0.3, -0.25) is 4.90 Å². The van der Waals surface area contributed by atoms with Crippen molar-refractivity contribution < 1.29 is 42.0 Å². The van der Waals surface area contributed by atoms with E-state index in [1.54, 1.807) is 12.1 Å². The van der Waals surface area contributed by atoms with Crippen molar-refractivity contribution in [3.63, 3.8) is 0 Å². The van der Waals surface area contributed by atoms with Crippen LogP contribution in [0, 0.1) is 0 Å². The van der Waals surface area contributed by atoms with Crippen LogP contribution in [0.1, 0.15) is 65.1 Å². The number of likely N-dealkylation sites (tertiary alicyclic amines) is 1. The molecule has 250 valence electrons. The Bertz CT molecular complexity index is 1730. The van der Waals surface area contributed by atoms with Gasteiger partial charge in [-0.05, 0) is 69.6 Å². The molecule has 2 aliphatic heterocycles. The van der Waals surface area contributed by atoms with E-state index >= 15 is 0 Å². The molecule has 0 radical (unpaired) electrons. The van der Waals surface area contributed by atoms with Crippen LogP contribution in [0.3, 0.4) is 0 Å². The number of fused-ring (bicyclic) bond motifs is 1. The fraction of sp³-hybridized carbons (Fsp3) is 0.441. The standard InChI is InChI=1S/C34H37F3N4O6/c1-3-45-29-16-23(33(42)43)15-27-32(29)39-30(41(27)18-25-11-14-46-25)19-40-12-9-21(10-13-40)26-5-4-6-31(38-26)47-20-22-7-8-24(34(35,36)37)17-28(22)44-2/h4-8,15-17,21,25H,3,9-14,18-20H2,1-2H3,(H,42,43). The van der Waals surface area contributed by atoms with Gasteiger partial charge in [-0.25, -0.2) is 14.8 Å². The lowest BCUT2D eigenvalue weighted by atomic mass is 9.93. The highest BCUT2D eigenvalue weighted by molar-refractivity contribution is 5.95. The molecule has 1 N–H and O–H groups in total. The van der Waals surface area contributed by atoms with E-state index in [-0.39, 0.29) is 29.9 Å². The second kappa shape index (κ2) is 13.8. The van der Waals surface area contributed by atoms with Crippen molar-refractivity contribution in [2.24, 2.45) is 0 Å². The molecule has 4 heterocycles. The second-order valence-corrected chi connectivity index (χ2v) is 11.8. The lowest BCUT2D eigenvalue weighted by Gasteiger charge is -2.32. The molecule has 0 bridgehead atoms. The number of imidazole rings is 1. The Morgan fingerprint density at radius 3 is 2.49 bits per heavy atom. The minimum atomic E-state index is -4.46. The molecule has 2 aromatic heterocycles. The minimum Gasteiger partial charge on any atom is -0.496 e. The molecule has 0 spiro atoms. The minimum absolute atomic E-state index is 0.0159. The van der Waals surface area contributed by atoms with Crippen LogP contribution in [0.25, 0.3) is 11.0 Å². The molecule has 0 aliphatic carbocycles. The van der Waals surface area contributed by atoms with E-state index in [2.05, 4.69) is 9.47 Å². The van der Waals surface area contributed by atoms with Crippen LogP contribution in [-0.2, 0) is 30.6 Å². The number of pyridine rings is 1. The Morgan fingerprint density at radius 1 is 1.04 bits per heavy atom. The zero-order valence-electron chi connectivity index (χ0n) is 26.3. The van der Waals surface area contributed by atoms with Gasteiger partial charge in [0.1, 0.15) is 29.4 Å². The molecular formula is C34H37F3N4O6. The summed E-state index contributed by atoms with van der Waals surface area (Å²) in [5.41, 5.74) is 2.14. The Kier molecular flexibility index (Phi) is 9.55. The first-order chi connectivity index (χ1) is 22.6. The average molecular weight is 655 g/mol. The van der Waals surface area contributed by atoms with Crippen molar-refractivity contribution in [3.05, 3.63) is 76.7 Å². The number of carboxylic acid groups (broad SMARTS) is 1. The summed E-state index contributed by atoms with van der Waals surface area (Å²) >= 11 is 0. The summed E-state index contributed by atoms with van der Waals surface area (Å²) in [5, 5.41) is 9.74. The predicted octanol–water partition coefficient (Wildman–Crippen LogP) is 6.30. The average Bonchev–Trinajstić information content (AvgIpc) is 3.38. The van der Waals surface area contributed by atoms with Crippen LogP contribution in [0.4, 0.5) is 13.2 Å². The van der Waals surface area contributed by atoms with E-state index in [4.69, 9.17) is 28.9 Å². The number of alkyl halides is 3. The van der Waals surface area contributed by atoms with Gasteiger partial charge in [0.05, 0.1) is 49.6 Å². The van der Waals surface area contributed by atoms with Crippen molar-refractivity contribution in [3.8, 4) is 17.4 Å². The van der Waals surface area contributed by atoms with Crippen LogP contribution in [0.2, 0.25) is 0 Å². The Balaban J connectivity index is 1.13. The van der Waals surface area contributed by atoms with Gasteiger partial charge >= 0.3 is 12.1 Å². The third-order valence-electron chi connectivity index (χ3n) is 8.73. The van der Waals surface area contributed by atoms with E-state index in [0.717, 1.165) is 61.5 Å². The largest absolute Gasteiger partial charge is 0.496 e. The van der Waals surface area contributed by atoms with E-state index in [0.29, 0.717) is 49.0 Å². The van der Waals surface area contributed by atoms with Crippen molar-refractivity contribution in [2.75, 3.05) is 33.4 Å². The topological polar surface area (TPSA) is 108 Å². The van der Waals surface area contributed by atoms with Crippen molar-refractivity contribution >= 4 is 17.0 Å². The van der Waals surface area contributed by atoms with E-state index in [9.17, 15) is 23.1 Å². The van der Waals surface area contributed by atoms with Gasteiger partial charge in [0.25, 0.3) is 0 Å². The Morgan fingerprint density at radius 2 is 1.83 bits per heavy atom. The lowest BCUT2D eigenvalue weighted by Crippen LogP contribution is -2.35. The fourth-order valence-corrected chi connectivity index (χ4v) is 6.10. The summed E-state index contributed by atoms with van der Waals surface area (Å²) in [6.45, 7) is 5.78. The fourth-order valence-electron chi connectivity index (χ4n) is 6.10. The molecule has 13 heteroatoms. The van der Waals surface area contributed by atoms with E-state index in [1.807, 2.05) is 19.1 Å². The number of aromatic carboxylic acids is 1. The first-order valence-electron chi connectivity index (χ1n) is 15.7. The molecule has 2 fully saturated rings. The number of benzene rings is 2. The summed E-state index contributed by atoms with van der Waals surface area (Å²) in [6, 6.07) is 12.1. The number of nitrogens with zero attached hydrogens (tertiary/aromatic N) is 4. The Hall–Kier alpha value is -4.36. The molecule has 4 aromatic rings. The third-order valence-corrected chi connectivity index (χ3v) is 8.73. The Labute approximate surface area is 270 Å². The maximum atomic E-state index is 13.1. The van der Waals surface area contributed by atoms with Crippen LogP contribution >= 0.6 is 0 Å². The number of hydrogen-bond donors (Lipinski definition) is 1. The number of methoxy groups -OCH3 is 1. The zero-order chi connectivity index (χ0) is 33.1. The van der Waals surface area contributed by atoms with Gasteiger partial charge in [-0.15, -0.1) is 0 Å². The molecular weight excluding hydrogens is 617 g/mol. The molecule has 10 nitrogen and oxygen atoms in total. The number of halogens is 3. The molecule has 2 aliphatic rings. The molecule has 6 rings (SSSR count). The van der Waals surface area contributed by atoms with Gasteiger partial charge in [-0.2, -0.15) is 13.2 Å². The quantitative estimate of drug-likeness (QED) is 0.188. The number of piperidine rings is 1. The highest BCUT2D eigenvalue weighted by Gasteiger charge is 2.31. The number of carbonyl (C=O) groups is 1.